The predicted octanol–water partition coefficient (Wildman–Crippen LogP) is 1.26. The van der Waals surface area contributed by atoms with E-state index in [4.69, 9.17) is 23.7 Å². The zero-order valence-corrected chi connectivity index (χ0v) is 14.5. The Balaban J connectivity index is 1.65. The lowest BCUT2D eigenvalue weighted by atomic mass is 10.1. The maximum Gasteiger partial charge on any atom is 0.342 e. The third-order valence-electron chi connectivity index (χ3n) is 4.15. The number of benzene rings is 1. The fraction of sp³-hybridized carbons (Fsp3) is 0.500. The van der Waals surface area contributed by atoms with Gasteiger partial charge in [0.05, 0.1) is 13.2 Å². The van der Waals surface area contributed by atoms with E-state index in [0.717, 1.165) is 0 Å². The fourth-order valence-electron chi connectivity index (χ4n) is 2.96. The molecule has 0 aliphatic carbocycles. The zero-order chi connectivity index (χ0) is 18.7. The first kappa shape index (κ1) is 18.3. The van der Waals surface area contributed by atoms with Crippen LogP contribution < -0.4 is 4.74 Å². The van der Waals surface area contributed by atoms with Gasteiger partial charge in [-0.2, -0.15) is 0 Å². The second-order valence-electron chi connectivity index (χ2n) is 6.01. The second-order valence-corrected chi connectivity index (χ2v) is 6.01. The van der Waals surface area contributed by atoms with Gasteiger partial charge < -0.3 is 23.7 Å². The number of carbonyl (C=O) groups excluding carboxylic acids is 3. The van der Waals surface area contributed by atoms with Crippen molar-refractivity contribution in [1.82, 2.24) is 0 Å². The highest BCUT2D eigenvalue weighted by molar-refractivity contribution is 5.93. The number of ether oxygens (including phenoxy) is 5. The molecule has 2 saturated heterocycles. The molecule has 4 atom stereocenters. The molecule has 0 aromatic heterocycles. The van der Waals surface area contributed by atoms with Gasteiger partial charge in [0.15, 0.2) is 12.2 Å². The Hall–Kier alpha value is -2.45. The van der Waals surface area contributed by atoms with Crippen LogP contribution in [0.5, 0.6) is 5.75 Å². The van der Waals surface area contributed by atoms with E-state index >= 15 is 0 Å². The van der Waals surface area contributed by atoms with Gasteiger partial charge in [-0.1, -0.05) is 19.1 Å². The topological polar surface area (TPSA) is 97.4 Å². The average Bonchev–Trinajstić information content (AvgIpc) is 3.18. The van der Waals surface area contributed by atoms with Crippen LogP contribution in [0.15, 0.2) is 24.3 Å². The molecule has 2 aliphatic rings. The second kappa shape index (κ2) is 7.84. The highest BCUT2D eigenvalue weighted by Gasteiger charge is 2.51. The zero-order valence-electron chi connectivity index (χ0n) is 14.5. The Labute approximate surface area is 150 Å². The predicted molar refractivity (Wildman–Crippen MR) is 86.6 cm³/mol. The molecule has 26 heavy (non-hydrogen) atoms. The maximum absolute atomic E-state index is 12.5. The lowest BCUT2D eigenvalue weighted by molar-refractivity contribution is -0.153. The number of hydrogen-bond acceptors (Lipinski definition) is 8. The molecule has 8 nitrogen and oxygen atoms in total. The summed E-state index contributed by atoms with van der Waals surface area (Å²) in [6.07, 6.45) is -1.85. The fourth-order valence-corrected chi connectivity index (χ4v) is 2.96. The third-order valence-corrected chi connectivity index (χ3v) is 4.15. The molecule has 3 rings (SSSR count). The van der Waals surface area contributed by atoms with Crippen LogP contribution in [0.4, 0.5) is 0 Å². The first-order chi connectivity index (χ1) is 12.5. The Morgan fingerprint density at radius 1 is 1.04 bits per heavy atom. The Morgan fingerprint density at radius 2 is 1.65 bits per heavy atom. The molecule has 2 heterocycles. The van der Waals surface area contributed by atoms with Gasteiger partial charge in [0, 0.05) is 13.3 Å². The number of esters is 3. The van der Waals surface area contributed by atoms with Gasteiger partial charge in [-0.05, 0) is 12.1 Å². The normalized spacial score (nSPS) is 26.8. The number of para-hydroxylation sites is 1. The van der Waals surface area contributed by atoms with Gasteiger partial charge in [-0.25, -0.2) is 4.79 Å². The smallest absolute Gasteiger partial charge is 0.342 e. The largest absolute Gasteiger partial charge is 0.457 e. The van der Waals surface area contributed by atoms with E-state index in [2.05, 4.69) is 0 Å². The summed E-state index contributed by atoms with van der Waals surface area (Å²) in [5.74, 6) is -1.39. The van der Waals surface area contributed by atoms with Gasteiger partial charge in [0.1, 0.15) is 23.5 Å². The minimum atomic E-state index is -0.645. The summed E-state index contributed by atoms with van der Waals surface area (Å²) in [5.41, 5.74) is 0.137. The first-order valence-electron chi connectivity index (χ1n) is 8.40. The molecular weight excluding hydrogens is 344 g/mol. The van der Waals surface area contributed by atoms with E-state index in [1.165, 1.54) is 19.1 Å². The van der Waals surface area contributed by atoms with Gasteiger partial charge in [0.25, 0.3) is 0 Å². The number of hydrogen-bond donors (Lipinski definition) is 0. The van der Waals surface area contributed by atoms with Crippen LogP contribution in [0.1, 0.15) is 30.6 Å². The maximum atomic E-state index is 12.5. The molecule has 0 bridgehead atoms. The van der Waals surface area contributed by atoms with Crippen molar-refractivity contribution < 1.29 is 38.1 Å². The quantitative estimate of drug-likeness (QED) is 0.569. The van der Waals surface area contributed by atoms with Crippen LogP contribution in [-0.4, -0.2) is 55.5 Å². The molecule has 2 aliphatic heterocycles. The Morgan fingerprint density at radius 3 is 2.27 bits per heavy atom. The van der Waals surface area contributed by atoms with Crippen molar-refractivity contribution in [3.63, 3.8) is 0 Å². The summed E-state index contributed by atoms with van der Waals surface area (Å²) < 4.78 is 27.0. The van der Waals surface area contributed by atoms with Crippen LogP contribution in [0.2, 0.25) is 0 Å². The van der Waals surface area contributed by atoms with E-state index in [0.29, 0.717) is 0 Å². The van der Waals surface area contributed by atoms with Gasteiger partial charge in [0.2, 0.25) is 0 Å². The van der Waals surface area contributed by atoms with Crippen molar-refractivity contribution >= 4 is 17.9 Å². The van der Waals surface area contributed by atoms with Gasteiger partial charge >= 0.3 is 17.9 Å². The summed E-state index contributed by atoms with van der Waals surface area (Å²) >= 11 is 0. The number of fused-ring (bicyclic) bond motifs is 1. The highest BCUT2D eigenvalue weighted by Crippen LogP contribution is 2.31. The van der Waals surface area contributed by atoms with Crippen molar-refractivity contribution in [1.29, 1.82) is 0 Å². The third kappa shape index (κ3) is 3.86. The highest BCUT2D eigenvalue weighted by atomic mass is 16.7. The van der Waals surface area contributed by atoms with E-state index < -0.39 is 36.4 Å². The van der Waals surface area contributed by atoms with Crippen molar-refractivity contribution in [2.24, 2.45) is 0 Å². The van der Waals surface area contributed by atoms with E-state index in [9.17, 15) is 14.4 Å². The summed E-state index contributed by atoms with van der Waals surface area (Å²) in [6, 6.07) is 6.31. The lowest BCUT2D eigenvalue weighted by Gasteiger charge is -2.17. The van der Waals surface area contributed by atoms with Crippen molar-refractivity contribution in [3.05, 3.63) is 29.8 Å². The van der Waals surface area contributed by atoms with Crippen molar-refractivity contribution in [2.45, 2.75) is 44.7 Å². The van der Waals surface area contributed by atoms with Crippen LogP contribution in [0, 0.1) is 0 Å². The molecule has 0 saturated carbocycles. The molecule has 0 spiro atoms. The average molecular weight is 364 g/mol. The molecule has 140 valence electrons. The van der Waals surface area contributed by atoms with Crippen molar-refractivity contribution in [3.8, 4) is 5.75 Å². The molecule has 0 unspecified atom stereocenters. The standard InChI is InChI=1S/C18H20O8/c1-3-15(20)25-13-8-22-17-14(9-23-16(13)17)26-18(21)11-6-4-5-7-12(11)24-10(2)19/h4-7,13-14,16-17H,3,8-9H2,1-2H3/t13-,14+,16-,17-/m1/s1. The van der Waals surface area contributed by atoms with E-state index in [1.807, 2.05) is 0 Å². The number of rotatable bonds is 5. The molecule has 1 aromatic carbocycles. The summed E-state index contributed by atoms with van der Waals surface area (Å²) in [7, 11) is 0. The molecule has 0 amide bonds. The SMILES string of the molecule is CCC(=O)O[C@@H]1CO[C@H]2[C@@H]1OC[C@@H]2OC(=O)c1ccccc1OC(C)=O. The van der Waals surface area contributed by atoms with Gasteiger partial charge in [-0.15, -0.1) is 0 Å². The monoisotopic (exact) mass is 364 g/mol. The molecular formula is C18H20O8. The van der Waals surface area contributed by atoms with Crippen LogP contribution in [0.3, 0.4) is 0 Å². The molecule has 0 radical (unpaired) electrons. The summed E-state index contributed by atoms with van der Waals surface area (Å²) in [5, 5.41) is 0. The minimum absolute atomic E-state index is 0.127. The van der Waals surface area contributed by atoms with E-state index in [-0.39, 0.29) is 36.9 Å². The number of carbonyl (C=O) groups is 3. The molecule has 1 aromatic rings. The molecule has 8 heteroatoms. The molecule has 2 fully saturated rings. The first-order valence-corrected chi connectivity index (χ1v) is 8.40. The van der Waals surface area contributed by atoms with Crippen LogP contribution >= 0.6 is 0 Å². The van der Waals surface area contributed by atoms with E-state index in [1.54, 1.807) is 19.1 Å². The van der Waals surface area contributed by atoms with Gasteiger partial charge in [-0.3, -0.25) is 9.59 Å². The summed E-state index contributed by atoms with van der Waals surface area (Å²) in [4.78, 5) is 35.1. The van der Waals surface area contributed by atoms with Crippen LogP contribution in [-0.2, 0) is 28.5 Å². The lowest BCUT2D eigenvalue weighted by Crippen LogP contribution is -2.36. The Kier molecular flexibility index (Phi) is 5.53. The molecule has 0 N–H and O–H groups in total. The summed E-state index contributed by atoms with van der Waals surface area (Å²) in [6.45, 7) is 3.29. The van der Waals surface area contributed by atoms with Crippen LogP contribution in [0.25, 0.3) is 0 Å². The Bertz CT molecular complexity index is 700. The van der Waals surface area contributed by atoms with Crippen molar-refractivity contribution in [2.75, 3.05) is 13.2 Å². The minimum Gasteiger partial charge on any atom is -0.457 e.